The van der Waals surface area contributed by atoms with Gasteiger partial charge in [0, 0.05) is 4.47 Å². The molecule has 0 aliphatic carbocycles. The monoisotopic (exact) mass is 462 g/mol. The second-order valence-corrected chi connectivity index (χ2v) is 7.03. The minimum atomic E-state index is -0.408. The molecule has 4 nitrogen and oxygen atoms in total. The Balaban J connectivity index is 2.70. The summed E-state index contributed by atoms with van der Waals surface area (Å²) in [6.07, 6.45) is 0. The first-order chi connectivity index (χ1) is 9.86. The fourth-order valence-electron chi connectivity index (χ4n) is 2.18. The summed E-state index contributed by atoms with van der Waals surface area (Å²) >= 11 is 5.63. The topological polar surface area (TPSA) is 44.1 Å². The number of methoxy groups -OCH3 is 1. The first-order valence-corrected chi connectivity index (χ1v) is 8.37. The summed E-state index contributed by atoms with van der Waals surface area (Å²) in [5.41, 5.74) is 3.43. The molecule has 112 valence electrons. The molecule has 0 N–H and O–H groups in total. The third-order valence-electron chi connectivity index (χ3n) is 3.17. The first kappa shape index (κ1) is 16.5. The third kappa shape index (κ3) is 3.15. The smallest absolute Gasteiger partial charge is 0.359 e. The van der Waals surface area contributed by atoms with Crippen LogP contribution in [0.4, 0.5) is 0 Å². The van der Waals surface area contributed by atoms with Crippen molar-refractivity contribution < 1.29 is 9.53 Å². The van der Waals surface area contributed by atoms with E-state index < -0.39 is 5.97 Å². The van der Waals surface area contributed by atoms with Gasteiger partial charge < -0.3 is 4.74 Å². The van der Waals surface area contributed by atoms with E-state index in [-0.39, 0.29) is 5.92 Å². The predicted octanol–water partition coefficient (Wildman–Crippen LogP) is 4.46. The SMILES string of the molecule is COC(=O)c1nn(-c2ccc(Br)cc2C)c(C(C)C)c1I. The van der Waals surface area contributed by atoms with Crippen LogP contribution in [0.25, 0.3) is 5.69 Å². The van der Waals surface area contributed by atoms with Crippen LogP contribution in [-0.2, 0) is 4.74 Å². The van der Waals surface area contributed by atoms with E-state index in [1.807, 2.05) is 29.8 Å². The van der Waals surface area contributed by atoms with Crippen LogP contribution in [-0.4, -0.2) is 22.9 Å². The van der Waals surface area contributed by atoms with Gasteiger partial charge in [0.2, 0.25) is 0 Å². The number of halogens is 2. The van der Waals surface area contributed by atoms with Crippen molar-refractivity contribution in [1.29, 1.82) is 0 Å². The van der Waals surface area contributed by atoms with Crippen molar-refractivity contribution in [2.45, 2.75) is 26.7 Å². The second kappa shape index (κ2) is 6.48. The molecule has 0 unspecified atom stereocenters. The van der Waals surface area contributed by atoms with Gasteiger partial charge in [-0.05, 0) is 59.2 Å². The van der Waals surface area contributed by atoms with Crippen LogP contribution < -0.4 is 0 Å². The molecule has 2 aromatic rings. The molecule has 1 aromatic heterocycles. The van der Waals surface area contributed by atoms with Gasteiger partial charge in [-0.1, -0.05) is 29.8 Å². The van der Waals surface area contributed by atoms with Gasteiger partial charge in [-0.25, -0.2) is 9.48 Å². The van der Waals surface area contributed by atoms with Gasteiger partial charge in [0.05, 0.1) is 22.1 Å². The molecule has 0 aliphatic rings. The fraction of sp³-hybridized carbons (Fsp3) is 0.333. The van der Waals surface area contributed by atoms with Gasteiger partial charge in [-0.2, -0.15) is 5.10 Å². The molecule has 6 heteroatoms. The van der Waals surface area contributed by atoms with Crippen LogP contribution in [0.1, 0.15) is 41.5 Å². The molecule has 0 aliphatic heterocycles. The van der Waals surface area contributed by atoms with E-state index in [9.17, 15) is 4.79 Å². The number of aryl methyl sites for hydroxylation is 1. The molecule has 1 aromatic carbocycles. The summed E-state index contributed by atoms with van der Waals surface area (Å²) in [6, 6.07) is 6.00. The standard InChI is InChI=1S/C15H16BrIN2O2/c1-8(2)14-12(17)13(15(20)21-4)18-19(14)11-6-5-10(16)7-9(11)3/h5-8H,1-4H3. The maximum atomic E-state index is 11.9. The highest BCUT2D eigenvalue weighted by atomic mass is 127. The van der Waals surface area contributed by atoms with Crippen molar-refractivity contribution in [2.75, 3.05) is 7.11 Å². The molecule has 2 rings (SSSR count). The highest BCUT2D eigenvalue weighted by Crippen LogP contribution is 2.29. The Kier molecular flexibility index (Phi) is 5.08. The Hall–Kier alpha value is -0.890. The van der Waals surface area contributed by atoms with Crippen molar-refractivity contribution in [2.24, 2.45) is 0 Å². The number of ether oxygens (including phenoxy) is 1. The van der Waals surface area contributed by atoms with Crippen LogP contribution in [0.2, 0.25) is 0 Å². The van der Waals surface area contributed by atoms with Crippen LogP contribution >= 0.6 is 38.5 Å². The lowest BCUT2D eigenvalue weighted by atomic mass is 10.1. The lowest BCUT2D eigenvalue weighted by Gasteiger charge is -2.13. The summed E-state index contributed by atoms with van der Waals surface area (Å²) < 4.78 is 8.53. The van der Waals surface area contributed by atoms with Gasteiger partial charge in [-0.15, -0.1) is 0 Å². The number of benzene rings is 1. The zero-order chi connectivity index (χ0) is 15.7. The Morgan fingerprint density at radius 1 is 1.43 bits per heavy atom. The highest BCUT2D eigenvalue weighted by molar-refractivity contribution is 14.1. The summed E-state index contributed by atoms with van der Waals surface area (Å²) in [5, 5.41) is 4.48. The van der Waals surface area contributed by atoms with Gasteiger partial charge >= 0.3 is 5.97 Å². The largest absolute Gasteiger partial charge is 0.464 e. The molecular formula is C15H16BrIN2O2. The van der Waals surface area contributed by atoms with Crippen molar-refractivity contribution in [3.8, 4) is 5.69 Å². The minimum Gasteiger partial charge on any atom is -0.464 e. The van der Waals surface area contributed by atoms with E-state index in [0.717, 1.165) is 25.0 Å². The number of hydrogen-bond donors (Lipinski definition) is 0. The number of hydrogen-bond acceptors (Lipinski definition) is 3. The van der Waals surface area contributed by atoms with E-state index in [1.165, 1.54) is 7.11 Å². The van der Waals surface area contributed by atoms with Crippen LogP contribution in [0, 0.1) is 10.5 Å². The molecule has 1 heterocycles. The maximum Gasteiger partial charge on any atom is 0.359 e. The molecule has 0 saturated carbocycles. The van der Waals surface area contributed by atoms with E-state index in [1.54, 1.807) is 0 Å². The van der Waals surface area contributed by atoms with Crippen molar-refractivity contribution in [1.82, 2.24) is 9.78 Å². The molecule has 0 bridgehead atoms. The second-order valence-electron chi connectivity index (χ2n) is 5.04. The molecule has 21 heavy (non-hydrogen) atoms. The van der Waals surface area contributed by atoms with Crippen LogP contribution in [0.3, 0.4) is 0 Å². The van der Waals surface area contributed by atoms with Crippen molar-refractivity contribution in [3.05, 3.63) is 43.2 Å². The number of carbonyl (C=O) groups excluding carboxylic acids is 1. The van der Waals surface area contributed by atoms with E-state index in [0.29, 0.717) is 5.69 Å². The minimum absolute atomic E-state index is 0.242. The van der Waals surface area contributed by atoms with Crippen molar-refractivity contribution >= 4 is 44.5 Å². The van der Waals surface area contributed by atoms with E-state index in [4.69, 9.17) is 4.74 Å². The first-order valence-electron chi connectivity index (χ1n) is 6.50. The summed E-state index contributed by atoms with van der Waals surface area (Å²) in [5.74, 6) is -0.166. The van der Waals surface area contributed by atoms with Crippen LogP contribution in [0.15, 0.2) is 22.7 Å². The Labute approximate surface area is 146 Å². The van der Waals surface area contributed by atoms with Crippen LogP contribution in [0.5, 0.6) is 0 Å². The van der Waals surface area contributed by atoms with Gasteiger partial charge in [-0.3, -0.25) is 0 Å². The molecule has 0 amide bonds. The number of esters is 1. The average molecular weight is 463 g/mol. The Bertz CT molecular complexity index is 695. The number of rotatable bonds is 3. The average Bonchev–Trinajstić information content (AvgIpc) is 2.75. The predicted molar refractivity (Wildman–Crippen MR) is 94.1 cm³/mol. The fourth-order valence-corrected chi connectivity index (χ4v) is 3.83. The van der Waals surface area contributed by atoms with Gasteiger partial charge in [0.25, 0.3) is 0 Å². The van der Waals surface area contributed by atoms with E-state index >= 15 is 0 Å². The molecule has 0 saturated heterocycles. The van der Waals surface area contributed by atoms with Crippen molar-refractivity contribution in [3.63, 3.8) is 0 Å². The molecule has 0 radical (unpaired) electrons. The number of carbonyl (C=O) groups is 1. The third-order valence-corrected chi connectivity index (χ3v) is 4.73. The summed E-state index contributed by atoms with van der Waals surface area (Å²) in [4.78, 5) is 11.9. The Morgan fingerprint density at radius 3 is 2.62 bits per heavy atom. The van der Waals surface area contributed by atoms with Gasteiger partial charge in [0.15, 0.2) is 5.69 Å². The normalized spacial score (nSPS) is 11.0. The molecule has 0 spiro atoms. The zero-order valence-electron chi connectivity index (χ0n) is 12.3. The van der Waals surface area contributed by atoms with E-state index in [2.05, 4.69) is 57.5 Å². The quantitative estimate of drug-likeness (QED) is 0.499. The highest BCUT2D eigenvalue weighted by Gasteiger charge is 2.24. The summed E-state index contributed by atoms with van der Waals surface area (Å²) in [7, 11) is 1.37. The Morgan fingerprint density at radius 2 is 2.10 bits per heavy atom. The summed E-state index contributed by atoms with van der Waals surface area (Å²) in [6.45, 7) is 6.20. The number of aromatic nitrogens is 2. The zero-order valence-corrected chi connectivity index (χ0v) is 16.0. The lowest BCUT2D eigenvalue weighted by Crippen LogP contribution is -2.07. The number of nitrogens with zero attached hydrogens (tertiary/aromatic N) is 2. The van der Waals surface area contributed by atoms with Gasteiger partial charge in [0.1, 0.15) is 0 Å². The molecule has 0 fully saturated rings. The lowest BCUT2D eigenvalue weighted by molar-refractivity contribution is 0.0592. The maximum absolute atomic E-state index is 11.9. The molecule has 0 atom stereocenters. The molecular weight excluding hydrogens is 447 g/mol.